The van der Waals surface area contributed by atoms with Crippen molar-refractivity contribution in [3.8, 4) is 0 Å². The van der Waals surface area contributed by atoms with Crippen molar-refractivity contribution in [3.63, 3.8) is 0 Å². The van der Waals surface area contributed by atoms with Gasteiger partial charge in [-0.15, -0.1) is 0 Å². The van der Waals surface area contributed by atoms with Gasteiger partial charge in [-0.2, -0.15) is 0 Å². The van der Waals surface area contributed by atoms with Crippen molar-refractivity contribution in [1.82, 2.24) is 4.72 Å². The summed E-state index contributed by atoms with van der Waals surface area (Å²) >= 11 is 2.96. The molecule has 0 radical (unpaired) electrons. The smallest absolute Gasteiger partial charge is 0.242 e. The maximum atomic E-state index is 13.3. The Morgan fingerprint density at radius 3 is 2.70 bits per heavy atom. The van der Waals surface area contributed by atoms with Gasteiger partial charge in [-0.1, -0.05) is 0 Å². The van der Waals surface area contributed by atoms with E-state index in [-0.39, 0.29) is 21.0 Å². The van der Waals surface area contributed by atoms with Crippen LogP contribution in [0.1, 0.15) is 12.8 Å². The summed E-state index contributed by atoms with van der Waals surface area (Å²) in [7, 11) is -3.74. The standard InChI is InChI=1S/C12H16BrFN2O3S/c13-9-5-12(11(15)6-10(9)14)20(17,18)16-7-8-1-3-19-4-2-8/h5-6,8,16H,1-4,7,15H2. The summed E-state index contributed by atoms with van der Waals surface area (Å²) < 4.78 is 45.5. The number of rotatable bonds is 4. The molecule has 1 fully saturated rings. The second-order valence-corrected chi connectivity index (χ2v) is 7.30. The highest BCUT2D eigenvalue weighted by Crippen LogP contribution is 2.26. The second kappa shape index (κ2) is 6.38. The van der Waals surface area contributed by atoms with Gasteiger partial charge in [0.25, 0.3) is 0 Å². The number of sulfonamides is 1. The first-order valence-corrected chi connectivity index (χ1v) is 8.49. The van der Waals surface area contributed by atoms with Crippen LogP contribution in [0.3, 0.4) is 0 Å². The van der Waals surface area contributed by atoms with Crippen LogP contribution in [0.25, 0.3) is 0 Å². The molecule has 1 aliphatic heterocycles. The fraction of sp³-hybridized carbons (Fsp3) is 0.500. The van der Waals surface area contributed by atoms with Gasteiger partial charge in [-0.3, -0.25) is 0 Å². The average Bonchev–Trinajstić information content (AvgIpc) is 2.42. The van der Waals surface area contributed by atoms with E-state index < -0.39 is 15.8 Å². The van der Waals surface area contributed by atoms with Crippen LogP contribution in [0.15, 0.2) is 21.5 Å². The summed E-state index contributed by atoms with van der Waals surface area (Å²) in [5, 5.41) is 0. The SMILES string of the molecule is Nc1cc(F)c(Br)cc1S(=O)(=O)NCC1CCOCC1. The van der Waals surface area contributed by atoms with Gasteiger partial charge in [0.05, 0.1) is 10.2 Å². The molecule has 0 saturated carbocycles. The van der Waals surface area contributed by atoms with Gasteiger partial charge in [0.2, 0.25) is 10.0 Å². The highest BCUT2D eigenvalue weighted by Gasteiger charge is 2.22. The van der Waals surface area contributed by atoms with E-state index in [9.17, 15) is 12.8 Å². The quantitative estimate of drug-likeness (QED) is 0.797. The van der Waals surface area contributed by atoms with E-state index in [1.165, 1.54) is 6.07 Å². The van der Waals surface area contributed by atoms with E-state index in [0.29, 0.717) is 19.8 Å². The molecule has 5 nitrogen and oxygen atoms in total. The first-order chi connectivity index (χ1) is 9.40. The van der Waals surface area contributed by atoms with Crippen LogP contribution in [-0.2, 0) is 14.8 Å². The van der Waals surface area contributed by atoms with Crippen molar-refractivity contribution in [2.45, 2.75) is 17.7 Å². The van der Waals surface area contributed by atoms with Crippen LogP contribution >= 0.6 is 15.9 Å². The van der Waals surface area contributed by atoms with E-state index in [2.05, 4.69) is 20.7 Å². The molecule has 1 heterocycles. The molecule has 20 heavy (non-hydrogen) atoms. The van der Waals surface area contributed by atoms with Crippen LogP contribution in [0, 0.1) is 11.7 Å². The minimum atomic E-state index is -3.74. The molecule has 1 aromatic rings. The Morgan fingerprint density at radius 2 is 2.05 bits per heavy atom. The molecule has 0 bridgehead atoms. The molecule has 0 amide bonds. The first kappa shape index (κ1) is 15.7. The minimum absolute atomic E-state index is 0.0677. The summed E-state index contributed by atoms with van der Waals surface area (Å²) in [5.74, 6) is -0.338. The van der Waals surface area contributed by atoms with E-state index in [1.807, 2.05) is 0 Å². The third-order valence-electron chi connectivity index (χ3n) is 3.25. The minimum Gasteiger partial charge on any atom is -0.398 e. The van der Waals surface area contributed by atoms with E-state index in [1.54, 1.807) is 0 Å². The molecule has 0 aromatic heterocycles. The molecule has 1 saturated heterocycles. The van der Waals surface area contributed by atoms with Crippen LogP contribution in [-0.4, -0.2) is 28.2 Å². The van der Waals surface area contributed by atoms with Crippen LogP contribution in [0.5, 0.6) is 0 Å². The second-order valence-electron chi connectivity index (χ2n) is 4.71. The van der Waals surface area contributed by atoms with Gasteiger partial charge in [-0.25, -0.2) is 17.5 Å². The Kier molecular flexibility index (Phi) is 5.00. The van der Waals surface area contributed by atoms with Crippen LogP contribution < -0.4 is 10.5 Å². The number of anilines is 1. The van der Waals surface area contributed by atoms with Crippen molar-refractivity contribution in [1.29, 1.82) is 0 Å². The summed E-state index contributed by atoms with van der Waals surface area (Å²) in [4.78, 5) is -0.113. The van der Waals surface area contributed by atoms with E-state index >= 15 is 0 Å². The zero-order valence-corrected chi connectivity index (χ0v) is 13.1. The van der Waals surface area contributed by atoms with Gasteiger partial charge >= 0.3 is 0 Å². The number of nitrogen functional groups attached to an aromatic ring is 1. The zero-order chi connectivity index (χ0) is 14.8. The molecule has 0 spiro atoms. The van der Waals surface area contributed by atoms with Crippen molar-refractivity contribution >= 4 is 31.6 Å². The first-order valence-electron chi connectivity index (χ1n) is 6.22. The summed E-state index contributed by atoms with van der Waals surface area (Å²) in [6.45, 7) is 1.63. The lowest BCUT2D eigenvalue weighted by Gasteiger charge is -2.22. The number of hydrogen-bond donors (Lipinski definition) is 2. The van der Waals surface area contributed by atoms with Crippen molar-refractivity contribution in [2.75, 3.05) is 25.5 Å². The number of ether oxygens (including phenoxy) is 1. The lowest BCUT2D eigenvalue weighted by molar-refractivity contribution is 0.0678. The Morgan fingerprint density at radius 1 is 1.40 bits per heavy atom. The number of benzene rings is 1. The largest absolute Gasteiger partial charge is 0.398 e. The van der Waals surface area contributed by atoms with Crippen LogP contribution in [0.4, 0.5) is 10.1 Å². The predicted octanol–water partition coefficient (Wildman–Crippen LogP) is 1.88. The van der Waals surface area contributed by atoms with E-state index in [4.69, 9.17) is 10.5 Å². The molecule has 3 N–H and O–H groups in total. The summed E-state index contributed by atoms with van der Waals surface area (Å²) in [6.07, 6.45) is 1.65. The third-order valence-corrected chi connectivity index (χ3v) is 5.33. The van der Waals surface area contributed by atoms with Gasteiger partial charge < -0.3 is 10.5 Å². The molecular weight excluding hydrogens is 351 g/mol. The van der Waals surface area contributed by atoms with Gasteiger partial charge in [0.1, 0.15) is 10.7 Å². The topological polar surface area (TPSA) is 81.4 Å². The molecule has 8 heteroatoms. The molecule has 2 rings (SSSR count). The lowest BCUT2D eigenvalue weighted by atomic mass is 10.0. The predicted molar refractivity (Wildman–Crippen MR) is 77.2 cm³/mol. The fourth-order valence-corrected chi connectivity index (χ4v) is 3.78. The molecular formula is C12H16BrFN2O3S. The maximum Gasteiger partial charge on any atom is 0.242 e. The van der Waals surface area contributed by atoms with Crippen LogP contribution in [0.2, 0.25) is 0 Å². The molecule has 1 aliphatic rings. The Hall–Kier alpha value is -0.700. The Labute approximate surface area is 125 Å². The van der Waals surface area contributed by atoms with Crippen molar-refractivity contribution < 1.29 is 17.5 Å². The summed E-state index contributed by atoms with van der Waals surface area (Å²) in [6, 6.07) is 2.17. The number of halogens is 2. The van der Waals surface area contributed by atoms with Gasteiger partial charge in [0, 0.05) is 19.8 Å². The van der Waals surface area contributed by atoms with Gasteiger partial charge in [-0.05, 0) is 46.8 Å². The molecule has 0 atom stereocenters. The Balaban J connectivity index is 2.11. The number of hydrogen-bond acceptors (Lipinski definition) is 4. The van der Waals surface area contributed by atoms with Gasteiger partial charge in [0.15, 0.2) is 0 Å². The highest BCUT2D eigenvalue weighted by molar-refractivity contribution is 9.10. The molecule has 0 unspecified atom stereocenters. The van der Waals surface area contributed by atoms with Crippen molar-refractivity contribution in [2.24, 2.45) is 5.92 Å². The monoisotopic (exact) mass is 366 g/mol. The summed E-state index contributed by atoms with van der Waals surface area (Å²) in [5.41, 5.74) is 5.48. The lowest BCUT2D eigenvalue weighted by Crippen LogP contribution is -2.32. The number of nitrogens with two attached hydrogens (primary N) is 1. The maximum absolute atomic E-state index is 13.3. The molecule has 112 valence electrons. The zero-order valence-electron chi connectivity index (χ0n) is 10.7. The third kappa shape index (κ3) is 3.69. The highest BCUT2D eigenvalue weighted by atomic mass is 79.9. The molecule has 1 aromatic carbocycles. The van der Waals surface area contributed by atoms with E-state index in [0.717, 1.165) is 18.9 Å². The normalized spacial score (nSPS) is 17.3. The molecule has 0 aliphatic carbocycles. The Bertz CT molecular complexity index is 589. The number of nitrogens with one attached hydrogen (secondary N) is 1. The fourth-order valence-electron chi connectivity index (χ4n) is 2.03. The van der Waals surface area contributed by atoms with Crippen molar-refractivity contribution in [3.05, 3.63) is 22.4 Å². The average molecular weight is 367 g/mol.